The number of ether oxygens (including phenoxy) is 4. The molecule has 3 rings (SSSR count). The smallest absolute Gasteiger partial charge is 0.410 e. The first-order valence-electron chi connectivity index (χ1n) is 17.2. The number of carbonyl (C=O) groups excluding carboxylic acids is 3. The number of amides is 1. The van der Waals surface area contributed by atoms with Crippen LogP contribution in [0.25, 0.3) is 0 Å². The van der Waals surface area contributed by atoms with E-state index in [1.807, 2.05) is 46.9 Å². The Balaban J connectivity index is 1.76. The highest BCUT2D eigenvalue weighted by atomic mass is 16.6. The number of piperazine rings is 1. The van der Waals surface area contributed by atoms with E-state index in [2.05, 4.69) is 17.9 Å². The van der Waals surface area contributed by atoms with Crippen LogP contribution in [-0.2, 0) is 28.5 Å². The van der Waals surface area contributed by atoms with Crippen molar-refractivity contribution in [3.63, 3.8) is 0 Å². The Morgan fingerprint density at radius 3 is 2.47 bits per heavy atom. The number of hydrogen-bond acceptors (Lipinski definition) is 10. The molecule has 0 aromatic rings. The summed E-state index contributed by atoms with van der Waals surface area (Å²) in [5.74, 6) is -1.03. The summed E-state index contributed by atoms with van der Waals surface area (Å²) in [5.41, 5.74) is -0.669. The summed E-state index contributed by atoms with van der Waals surface area (Å²) in [5, 5.41) is 21.5. The predicted molar refractivity (Wildman–Crippen MR) is 178 cm³/mol. The Hall–Kier alpha value is -2.73. The topological polar surface area (TPSA) is 138 Å². The second-order valence-corrected chi connectivity index (χ2v) is 14.1. The molecule has 3 heterocycles. The van der Waals surface area contributed by atoms with Gasteiger partial charge < -0.3 is 39.0 Å². The van der Waals surface area contributed by atoms with Crippen molar-refractivity contribution in [3.8, 4) is 0 Å². The van der Waals surface area contributed by atoms with E-state index in [1.54, 1.807) is 24.0 Å². The number of aliphatic hydroxyl groups is 2. The molecule has 0 aromatic heterocycles. The van der Waals surface area contributed by atoms with Gasteiger partial charge in [0.2, 0.25) is 0 Å². The van der Waals surface area contributed by atoms with Gasteiger partial charge in [-0.25, -0.2) is 4.79 Å². The molecule has 3 aliphatic heterocycles. The number of esters is 2. The molecule has 0 aliphatic carbocycles. The third-order valence-corrected chi connectivity index (χ3v) is 9.64. The largest absolute Gasteiger partial charge is 0.457 e. The normalized spacial score (nSPS) is 34.0. The molecule has 10 atom stereocenters. The standard InChI is InChI=1S/C36H58N2O9/c1-9-29(40)26(5)34-30(46-34)21-23(2)11-10-12-24(3)33-25(4)13-14-31(44-27(6)39)36(7,43)16-15-28(22-32(41)47-33)45-35(42)38-19-17-37(8)18-20-38/h10-14,23,25-26,28-31,33-34,40,43H,9,15-22H2,1-8H3/b11-10+,14-13-,24-12+. The zero-order valence-electron chi connectivity index (χ0n) is 29.6. The molecule has 3 aliphatic rings. The van der Waals surface area contributed by atoms with Crippen molar-refractivity contribution in [1.82, 2.24) is 9.80 Å². The van der Waals surface area contributed by atoms with Gasteiger partial charge in [-0.2, -0.15) is 0 Å². The van der Waals surface area contributed by atoms with Crippen molar-refractivity contribution in [3.05, 3.63) is 36.0 Å². The van der Waals surface area contributed by atoms with Crippen molar-refractivity contribution in [2.24, 2.45) is 17.8 Å². The van der Waals surface area contributed by atoms with E-state index >= 15 is 0 Å². The molecular formula is C36H58N2O9. The zero-order valence-corrected chi connectivity index (χ0v) is 29.6. The van der Waals surface area contributed by atoms with Crippen LogP contribution >= 0.6 is 0 Å². The molecule has 266 valence electrons. The number of rotatable bonds is 10. The lowest BCUT2D eigenvalue weighted by Crippen LogP contribution is -2.48. The Morgan fingerprint density at radius 1 is 1.15 bits per heavy atom. The minimum Gasteiger partial charge on any atom is -0.457 e. The molecule has 1 amide bonds. The number of cyclic esters (lactones) is 1. The van der Waals surface area contributed by atoms with Crippen LogP contribution in [0, 0.1) is 17.8 Å². The van der Waals surface area contributed by atoms with Crippen LogP contribution < -0.4 is 0 Å². The summed E-state index contributed by atoms with van der Waals surface area (Å²) in [6, 6.07) is 0. The lowest BCUT2D eigenvalue weighted by atomic mass is 9.88. The second-order valence-electron chi connectivity index (χ2n) is 14.1. The number of epoxide rings is 1. The lowest BCUT2D eigenvalue weighted by Gasteiger charge is -2.35. The number of hydrogen-bond donors (Lipinski definition) is 2. The number of nitrogens with zero attached hydrogens (tertiary/aromatic N) is 2. The molecule has 11 nitrogen and oxygen atoms in total. The minimum absolute atomic E-state index is 0.0857. The highest BCUT2D eigenvalue weighted by Crippen LogP contribution is 2.36. The maximum Gasteiger partial charge on any atom is 0.410 e. The number of aliphatic hydroxyl groups excluding tert-OH is 1. The highest BCUT2D eigenvalue weighted by molar-refractivity contribution is 5.72. The maximum atomic E-state index is 13.3. The third kappa shape index (κ3) is 12.0. The van der Waals surface area contributed by atoms with Crippen molar-refractivity contribution < 1.29 is 43.5 Å². The van der Waals surface area contributed by atoms with E-state index in [0.29, 0.717) is 19.5 Å². The fourth-order valence-electron chi connectivity index (χ4n) is 6.26. The van der Waals surface area contributed by atoms with Gasteiger partial charge in [-0.1, -0.05) is 52.0 Å². The molecule has 2 N–H and O–H groups in total. The van der Waals surface area contributed by atoms with E-state index in [1.165, 1.54) is 6.92 Å². The van der Waals surface area contributed by atoms with Gasteiger partial charge in [0.05, 0.1) is 24.7 Å². The molecular weight excluding hydrogens is 604 g/mol. The van der Waals surface area contributed by atoms with Gasteiger partial charge in [0.1, 0.15) is 23.9 Å². The fourth-order valence-corrected chi connectivity index (χ4v) is 6.26. The van der Waals surface area contributed by atoms with Crippen LogP contribution in [0.15, 0.2) is 36.0 Å². The molecule has 0 radical (unpaired) electrons. The van der Waals surface area contributed by atoms with Gasteiger partial charge in [-0.05, 0) is 64.1 Å². The first-order valence-corrected chi connectivity index (χ1v) is 17.2. The van der Waals surface area contributed by atoms with Gasteiger partial charge in [-0.3, -0.25) is 9.59 Å². The van der Waals surface area contributed by atoms with E-state index in [9.17, 15) is 24.6 Å². The summed E-state index contributed by atoms with van der Waals surface area (Å²) < 4.78 is 23.2. The second kappa shape index (κ2) is 17.6. The van der Waals surface area contributed by atoms with Crippen LogP contribution in [0.5, 0.6) is 0 Å². The maximum absolute atomic E-state index is 13.3. The fraction of sp³-hybridized carbons (Fsp3) is 0.750. The highest BCUT2D eigenvalue weighted by Gasteiger charge is 2.45. The van der Waals surface area contributed by atoms with Crippen molar-refractivity contribution >= 4 is 18.0 Å². The Labute approximate surface area is 280 Å². The van der Waals surface area contributed by atoms with Crippen molar-refractivity contribution in [2.75, 3.05) is 33.2 Å². The first-order chi connectivity index (χ1) is 22.1. The van der Waals surface area contributed by atoms with Gasteiger partial charge in [0, 0.05) is 44.9 Å². The van der Waals surface area contributed by atoms with E-state index in [0.717, 1.165) is 25.1 Å². The summed E-state index contributed by atoms with van der Waals surface area (Å²) in [6.07, 6.45) is 7.99. The van der Waals surface area contributed by atoms with Gasteiger partial charge in [0.15, 0.2) is 0 Å². The van der Waals surface area contributed by atoms with Gasteiger partial charge >= 0.3 is 18.0 Å². The zero-order chi connectivity index (χ0) is 34.9. The van der Waals surface area contributed by atoms with E-state index < -0.39 is 41.9 Å². The summed E-state index contributed by atoms with van der Waals surface area (Å²) in [6.45, 7) is 15.3. The summed E-state index contributed by atoms with van der Waals surface area (Å²) in [4.78, 5) is 42.1. The molecule has 2 saturated heterocycles. The van der Waals surface area contributed by atoms with Gasteiger partial charge in [0.25, 0.3) is 0 Å². The first kappa shape index (κ1) is 38.7. The van der Waals surface area contributed by atoms with Gasteiger partial charge in [-0.15, -0.1) is 0 Å². The monoisotopic (exact) mass is 662 g/mol. The Morgan fingerprint density at radius 2 is 1.83 bits per heavy atom. The van der Waals surface area contributed by atoms with Crippen LogP contribution in [0.3, 0.4) is 0 Å². The Kier molecular flexibility index (Phi) is 14.5. The van der Waals surface area contributed by atoms with Crippen molar-refractivity contribution in [2.45, 2.75) is 123 Å². The van der Waals surface area contributed by atoms with Crippen LogP contribution in [0.4, 0.5) is 4.79 Å². The molecule has 11 heteroatoms. The molecule has 0 spiro atoms. The third-order valence-electron chi connectivity index (χ3n) is 9.64. The lowest BCUT2D eigenvalue weighted by molar-refractivity contribution is -0.157. The molecule has 47 heavy (non-hydrogen) atoms. The predicted octanol–water partition coefficient (Wildman–Crippen LogP) is 4.41. The van der Waals surface area contributed by atoms with E-state index in [-0.39, 0.29) is 55.3 Å². The summed E-state index contributed by atoms with van der Waals surface area (Å²) in [7, 11) is 1.99. The SMILES string of the molecule is CCC(O)C(C)C1OC1CC(C)/C=C/C=C(\C)C1OC(=O)CC(OC(=O)N2CCN(C)CC2)CCC(C)(O)C(OC(C)=O)/C=C\C1C. The molecule has 0 saturated carbocycles. The quantitative estimate of drug-likeness (QED) is 0.114. The molecule has 0 bridgehead atoms. The number of likely N-dealkylation sites (N-methyl/N-ethyl adjacent to an activating group) is 1. The molecule has 10 unspecified atom stereocenters. The Bertz CT molecular complexity index is 1140. The van der Waals surface area contributed by atoms with Crippen molar-refractivity contribution in [1.29, 1.82) is 0 Å². The average molecular weight is 663 g/mol. The minimum atomic E-state index is -1.47. The number of allylic oxidation sites excluding steroid dienone is 3. The van der Waals surface area contributed by atoms with Crippen LogP contribution in [0.2, 0.25) is 0 Å². The van der Waals surface area contributed by atoms with E-state index in [4.69, 9.17) is 18.9 Å². The van der Waals surface area contributed by atoms with Crippen LogP contribution in [-0.4, -0.2) is 113 Å². The van der Waals surface area contributed by atoms with Crippen LogP contribution in [0.1, 0.15) is 80.6 Å². The average Bonchev–Trinajstić information content (AvgIpc) is 3.77. The molecule has 0 aromatic carbocycles. The number of carbonyl (C=O) groups is 3. The molecule has 2 fully saturated rings. The summed E-state index contributed by atoms with van der Waals surface area (Å²) >= 11 is 0.